The third-order valence-electron chi connectivity index (χ3n) is 4.06. The molecule has 1 saturated heterocycles. The zero-order valence-electron chi connectivity index (χ0n) is 14.3. The van der Waals surface area contributed by atoms with Gasteiger partial charge in [0.15, 0.2) is 0 Å². The summed E-state index contributed by atoms with van der Waals surface area (Å²) in [6.45, 7) is 3.75. The van der Waals surface area contributed by atoms with Gasteiger partial charge in [0.1, 0.15) is 12.4 Å². The average Bonchev–Trinajstić information content (AvgIpc) is 2.69. The number of ether oxygens (including phenoxy) is 2. The number of carbonyl (C=O) groups is 1. The molecular formula is C18H22N4O3. The van der Waals surface area contributed by atoms with Crippen molar-refractivity contribution in [2.75, 3.05) is 51.4 Å². The molecule has 2 aromatic rings. The van der Waals surface area contributed by atoms with E-state index in [1.165, 1.54) is 0 Å². The summed E-state index contributed by atoms with van der Waals surface area (Å²) in [6, 6.07) is 9.27. The SMILES string of the molecule is COCCOc1cc(C(=O)N2CCN(c3ccccn3)CC2)ccn1. The molecule has 0 N–H and O–H groups in total. The molecule has 0 spiro atoms. The summed E-state index contributed by atoms with van der Waals surface area (Å²) in [7, 11) is 1.61. The molecule has 1 amide bonds. The fourth-order valence-electron chi connectivity index (χ4n) is 2.71. The summed E-state index contributed by atoms with van der Waals surface area (Å²) in [5.41, 5.74) is 0.591. The minimum absolute atomic E-state index is 0.000313. The Morgan fingerprint density at radius 1 is 1.08 bits per heavy atom. The van der Waals surface area contributed by atoms with Crippen LogP contribution >= 0.6 is 0 Å². The van der Waals surface area contributed by atoms with Crippen LogP contribution < -0.4 is 9.64 Å². The van der Waals surface area contributed by atoms with Gasteiger partial charge >= 0.3 is 0 Å². The predicted molar refractivity (Wildman–Crippen MR) is 94.0 cm³/mol. The summed E-state index contributed by atoms with van der Waals surface area (Å²) >= 11 is 0. The molecule has 0 aromatic carbocycles. The number of carbonyl (C=O) groups excluding carboxylic acids is 1. The Morgan fingerprint density at radius 2 is 1.92 bits per heavy atom. The van der Waals surface area contributed by atoms with E-state index in [1.807, 2.05) is 23.1 Å². The van der Waals surface area contributed by atoms with E-state index in [4.69, 9.17) is 9.47 Å². The average molecular weight is 342 g/mol. The normalized spacial score (nSPS) is 14.4. The van der Waals surface area contributed by atoms with E-state index in [1.54, 1.807) is 31.6 Å². The Kier molecular flexibility index (Phi) is 5.79. The van der Waals surface area contributed by atoms with Gasteiger partial charge in [0.2, 0.25) is 5.88 Å². The Balaban J connectivity index is 1.58. The van der Waals surface area contributed by atoms with Gasteiger partial charge in [-0.25, -0.2) is 9.97 Å². The molecule has 1 fully saturated rings. The van der Waals surface area contributed by atoms with Crippen LogP contribution in [0.1, 0.15) is 10.4 Å². The van der Waals surface area contributed by atoms with Gasteiger partial charge in [-0.05, 0) is 18.2 Å². The second-order valence-corrected chi connectivity index (χ2v) is 5.69. The minimum Gasteiger partial charge on any atom is -0.475 e. The van der Waals surface area contributed by atoms with E-state index >= 15 is 0 Å². The standard InChI is InChI=1S/C18H22N4O3/c1-24-12-13-25-17-14-15(5-7-20-17)18(23)22-10-8-21(9-11-22)16-4-2-3-6-19-16/h2-7,14H,8-13H2,1H3. The van der Waals surface area contributed by atoms with Gasteiger partial charge in [-0.3, -0.25) is 4.79 Å². The number of aromatic nitrogens is 2. The number of anilines is 1. The fourth-order valence-corrected chi connectivity index (χ4v) is 2.71. The molecule has 0 unspecified atom stereocenters. The second kappa shape index (κ2) is 8.43. The maximum atomic E-state index is 12.7. The molecule has 25 heavy (non-hydrogen) atoms. The van der Waals surface area contributed by atoms with E-state index in [2.05, 4.69) is 14.9 Å². The third kappa shape index (κ3) is 4.45. The highest BCUT2D eigenvalue weighted by Gasteiger charge is 2.23. The van der Waals surface area contributed by atoms with Gasteiger partial charge in [0.05, 0.1) is 6.61 Å². The minimum atomic E-state index is -0.000313. The van der Waals surface area contributed by atoms with Crippen LogP contribution in [0.4, 0.5) is 5.82 Å². The highest BCUT2D eigenvalue weighted by Crippen LogP contribution is 2.16. The number of hydrogen-bond acceptors (Lipinski definition) is 6. The second-order valence-electron chi connectivity index (χ2n) is 5.69. The van der Waals surface area contributed by atoms with Crippen molar-refractivity contribution in [3.8, 4) is 5.88 Å². The molecule has 0 saturated carbocycles. The van der Waals surface area contributed by atoms with E-state index in [-0.39, 0.29) is 5.91 Å². The summed E-state index contributed by atoms with van der Waals surface area (Å²) < 4.78 is 10.4. The zero-order valence-corrected chi connectivity index (χ0v) is 14.3. The van der Waals surface area contributed by atoms with Gasteiger partial charge in [0.25, 0.3) is 5.91 Å². The largest absolute Gasteiger partial charge is 0.475 e. The van der Waals surface area contributed by atoms with Crippen molar-refractivity contribution in [1.82, 2.24) is 14.9 Å². The van der Waals surface area contributed by atoms with Crippen LogP contribution in [0.25, 0.3) is 0 Å². The first-order valence-electron chi connectivity index (χ1n) is 8.31. The molecule has 7 nitrogen and oxygen atoms in total. The topological polar surface area (TPSA) is 67.8 Å². The molecule has 3 heterocycles. The van der Waals surface area contributed by atoms with Crippen LogP contribution in [-0.4, -0.2) is 67.3 Å². The maximum Gasteiger partial charge on any atom is 0.254 e. The van der Waals surface area contributed by atoms with Gasteiger partial charge < -0.3 is 19.3 Å². The lowest BCUT2D eigenvalue weighted by Gasteiger charge is -2.35. The van der Waals surface area contributed by atoms with Crippen molar-refractivity contribution < 1.29 is 14.3 Å². The number of amides is 1. The van der Waals surface area contributed by atoms with Gasteiger partial charge in [-0.1, -0.05) is 6.07 Å². The summed E-state index contributed by atoms with van der Waals surface area (Å²) in [6.07, 6.45) is 3.38. The van der Waals surface area contributed by atoms with Crippen molar-refractivity contribution in [2.45, 2.75) is 0 Å². The van der Waals surface area contributed by atoms with E-state index in [0.717, 1.165) is 18.9 Å². The van der Waals surface area contributed by atoms with Crippen LogP contribution in [0.3, 0.4) is 0 Å². The van der Waals surface area contributed by atoms with Gasteiger partial charge in [-0.2, -0.15) is 0 Å². The molecule has 1 aliphatic rings. The lowest BCUT2D eigenvalue weighted by molar-refractivity contribution is 0.0745. The lowest BCUT2D eigenvalue weighted by Crippen LogP contribution is -2.49. The Hall–Kier alpha value is -2.67. The smallest absolute Gasteiger partial charge is 0.254 e. The molecule has 0 aliphatic carbocycles. The molecular weight excluding hydrogens is 320 g/mol. The van der Waals surface area contributed by atoms with E-state index in [0.29, 0.717) is 37.7 Å². The molecule has 3 rings (SSSR count). The number of methoxy groups -OCH3 is 1. The third-order valence-corrected chi connectivity index (χ3v) is 4.06. The molecule has 0 radical (unpaired) electrons. The number of rotatable bonds is 6. The monoisotopic (exact) mass is 342 g/mol. The van der Waals surface area contributed by atoms with Crippen molar-refractivity contribution in [3.63, 3.8) is 0 Å². The number of pyridine rings is 2. The van der Waals surface area contributed by atoms with Crippen LogP contribution in [-0.2, 0) is 4.74 Å². The van der Waals surface area contributed by atoms with Gasteiger partial charge in [-0.15, -0.1) is 0 Å². The van der Waals surface area contributed by atoms with E-state index in [9.17, 15) is 4.79 Å². The maximum absolute atomic E-state index is 12.7. The van der Waals surface area contributed by atoms with Crippen LogP contribution in [0.15, 0.2) is 42.7 Å². The van der Waals surface area contributed by atoms with Crippen molar-refractivity contribution in [2.24, 2.45) is 0 Å². The molecule has 7 heteroatoms. The highest BCUT2D eigenvalue weighted by atomic mass is 16.5. The van der Waals surface area contributed by atoms with Crippen LogP contribution in [0.5, 0.6) is 5.88 Å². The van der Waals surface area contributed by atoms with Crippen molar-refractivity contribution in [1.29, 1.82) is 0 Å². The predicted octanol–water partition coefficient (Wildman–Crippen LogP) is 1.46. The zero-order chi connectivity index (χ0) is 17.5. The lowest BCUT2D eigenvalue weighted by atomic mass is 10.2. The molecule has 1 aliphatic heterocycles. The first-order valence-corrected chi connectivity index (χ1v) is 8.31. The van der Waals surface area contributed by atoms with Crippen LogP contribution in [0.2, 0.25) is 0 Å². The first-order chi connectivity index (χ1) is 12.3. The molecule has 0 bridgehead atoms. The number of nitrogens with zero attached hydrogens (tertiary/aromatic N) is 4. The number of piperazine rings is 1. The fraction of sp³-hybridized carbons (Fsp3) is 0.389. The van der Waals surface area contributed by atoms with Crippen molar-refractivity contribution >= 4 is 11.7 Å². The van der Waals surface area contributed by atoms with E-state index < -0.39 is 0 Å². The summed E-state index contributed by atoms with van der Waals surface area (Å²) in [5.74, 6) is 1.39. The highest BCUT2D eigenvalue weighted by molar-refractivity contribution is 5.94. The molecule has 2 aromatic heterocycles. The summed E-state index contributed by atoms with van der Waals surface area (Å²) in [5, 5.41) is 0. The Bertz CT molecular complexity index is 688. The molecule has 0 atom stereocenters. The first kappa shape index (κ1) is 17.2. The quantitative estimate of drug-likeness (QED) is 0.741. The number of hydrogen-bond donors (Lipinski definition) is 0. The Morgan fingerprint density at radius 3 is 2.64 bits per heavy atom. The van der Waals surface area contributed by atoms with Crippen LogP contribution in [0, 0.1) is 0 Å². The van der Waals surface area contributed by atoms with Gasteiger partial charge in [0, 0.05) is 57.3 Å². The summed E-state index contributed by atoms with van der Waals surface area (Å²) in [4.78, 5) is 25.2. The Labute approximate surface area is 147 Å². The molecule has 132 valence electrons. The van der Waals surface area contributed by atoms with Crippen molar-refractivity contribution in [3.05, 3.63) is 48.3 Å².